The van der Waals surface area contributed by atoms with Crippen LogP contribution in [0.3, 0.4) is 0 Å². The zero-order valence-electron chi connectivity index (χ0n) is 13.5. The number of hydrogen-bond acceptors (Lipinski definition) is 5. The Hall–Kier alpha value is -3.36. The second-order valence-electron chi connectivity index (χ2n) is 5.37. The highest BCUT2D eigenvalue weighted by atomic mass is 19.2. The Kier molecular flexibility index (Phi) is 5.16. The molecule has 1 aromatic heterocycles. The van der Waals surface area contributed by atoms with E-state index in [1.54, 1.807) is 12.1 Å². The van der Waals surface area contributed by atoms with Crippen LogP contribution in [0.25, 0.3) is 11.1 Å². The summed E-state index contributed by atoms with van der Waals surface area (Å²) in [5.41, 5.74) is 1.29. The maximum Gasteiger partial charge on any atom is 0.417 e. The number of ether oxygens (including phenoxy) is 1. The lowest BCUT2D eigenvalue weighted by atomic mass is 10.3. The van der Waals surface area contributed by atoms with E-state index < -0.39 is 17.4 Å². The van der Waals surface area contributed by atoms with Crippen molar-refractivity contribution >= 4 is 22.7 Å². The summed E-state index contributed by atoms with van der Waals surface area (Å²) in [7, 11) is 0. The first-order valence-electron chi connectivity index (χ1n) is 7.72. The number of fused-ring (bicyclic) bond motifs is 1. The summed E-state index contributed by atoms with van der Waals surface area (Å²) in [6, 6.07) is 8.18. The summed E-state index contributed by atoms with van der Waals surface area (Å²) in [5, 5.41) is 5.47. The molecular weight excluding hydrogens is 348 g/mol. The van der Waals surface area contributed by atoms with E-state index in [0.717, 1.165) is 12.1 Å². The summed E-state index contributed by atoms with van der Waals surface area (Å²) in [5.74, 6) is -2.40. The summed E-state index contributed by atoms with van der Waals surface area (Å²) >= 11 is 0. The molecular formula is C17H15F2N3O4. The third-order valence-electron chi connectivity index (χ3n) is 3.46. The Bertz CT molecular complexity index is 984. The van der Waals surface area contributed by atoms with Gasteiger partial charge >= 0.3 is 5.76 Å². The second kappa shape index (κ2) is 7.68. The van der Waals surface area contributed by atoms with Gasteiger partial charge in [-0.05, 0) is 30.3 Å². The van der Waals surface area contributed by atoms with Crippen molar-refractivity contribution in [2.45, 2.75) is 0 Å². The average molecular weight is 363 g/mol. The van der Waals surface area contributed by atoms with E-state index in [-0.39, 0.29) is 19.1 Å². The number of aromatic nitrogens is 1. The Morgan fingerprint density at radius 3 is 2.77 bits per heavy atom. The predicted octanol–water partition coefficient (Wildman–Crippen LogP) is 2.01. The summed E-state index contributed by atoms with van der Waals surface area (Å²) in [6.45, 7) is 0.384. The first-order chi connectivity index (χ1) is 12.5. The van der Waals surface area contributed by atoms with Crippen LogP contribution in [-0.4, -0.2) is 30.6 Å². The highest BCUT2D eigenvalue weighted by Gasteiger charge is 2.06. The molecule has 26 heavy (non-hydrogen) atoms. The van der Waals surface area contributed by atoms with E-state index in [2.05, 4.69) is 15.6 Å². The summed E-state index contributed by atoms with van der Waals surface area (Å²) in [6.07, 6.45) is 0. The molecule has 2 aromatic carbocycles. The van der Waals surface area contributed by atoms with Crippen LogP contribution in [0.5, 0.6) is 5.75 Å². The van der Waals surface area contributed by atoms with Crippen LogP contribution in [-0.2, 0) is 4.79 Å². The van der Waals surface area contributed by atoms with Gasteiger partial charge in [0.1, 0.15) is 5.75 Å². The Morgan fingerprint density at radius 1 is 1.12 bits per heavy atom. The highest BCUT2D eigenvalue weighted by molar-refractivity contribution is 5.78. The highest BCUT2D eigenvalue weighted by Crippen LogP contribution is 2.18. The molecule has 0 atom stereocenters. The van der Waals surface area contributed by atoms with Crippen molar-refractivity contribution < 1.29 is 22.7 Å². The molecule has 1 amide bonds. The number of anilines is 1. The minimum atomic E-state index is -0.942. The van der Waals surface area contributed by atoms with Gasteiger partial charge in [0, 0.05) is 24.8 Å². The number of nitrogens with one attached hydrogen (secondary N) is 3. The topological polar surface area (TPSA) is 96.4 Å². The molecule has 0 aliphatic heterocycles. The number of carbonyl (C=O) groups excluding carboxylic acids is 1. The number of benzene rings is 2. The molecule has 0 bridgehead atoms. The second-order valence-corrected chi connectivity index (χ2v) is 5.37. The molecule has 0 saturated heterocycles. The lowest BCUT2D eigenvalue weighted by Crippen LogP contribution is -2.32. The molecule has 0 spiro atoms. The molecule has 9 heteroatoms. The third kappa shape index (κ3) is 4.38. The molecule has 3 N–H and O–H groups in total. The van der Waals surface area contributed by atoms with Gasteiger partial charge in [0.15, 0.2) is 23.8 Å². The number of rotatable bonds is 7. The van der Waals surface area contributed by atoms with Crippen molar-refractivity contribution in [2.75, 3.05) is 25.0 Å². The standard InChI is InChI=1S/C17H15F2N3O4/c18-12-3-1-10(7-13(12)19)20-5-6-21-16(23)9-25-11-2-4-14-15(8-11)26-17(24)22-14/h1-4,7-8,20H,5-6,9H2,(H,21,23)(H,22,24). The van der Waals surface area contributed by atoms with Gasteiger partial charge in [0.2, 0.25) is 0 Å². The van der Waals surface area contributed by atoms with E-state index in [9.17, 15) is 18.4 Å². The van der Waals surface area contributed by atoms with Gasteiger partial charge in [-0.3, -0.25) is 9.78 Å². The van der Waals surface area contributed by atoms with Crippen molar-refractivity contribution in [1.29, 1.82) is 0 Å². The van der Waals surface area contributed by atoms with Gasteiger partial charge in [0.05, 0.1) is 5.52 Å². The van der Waals surface area contributed by atoms with E-state index in [4.69, 9.17) is 9.15 Å². The van der Waals surface area contributed by atoms with Gasteiger partial charge in [0.25, 0.3) is 5.91 Å². The van der Waals surface area contributed by atoms with E-state index >= 15 is 0 Å². The lowest BCUT2D eigenvalue weighted by Gasteiger charge is -2.09. The van der Waals surface area contributed by atoms with Crippen molar-refractivity contribution in [3.63, 3.8) is 0 Å². The van der Waals surface area contributed by atoms with Gasteiger partial charge in [-0.15, -0.1) is 0 Å². The van der Waals surface area contributed by atoms with E-state index in [1.165, 1.54) is 12.1 Å². The number of oxazole rings is 1. The number of amides is 1. The Morgan fingerprint density at radius 2 is 1.96 bits per heavy atom. The molecule has 0 radical (unpaired) electrons. The molecule has 1 heterocycles. The van der Waals surface area contributed by atoms with Crippen LogP contribution in [0.2, 0.25) is 0 Å². The van der Waals surface area contributed by atoms with Crippen molar-refractivity contribution in [3.05, 3.63) is 58.6 Å². The SMILES string of the molecule is O=C(COc1ccc2[nH]c(=O)oc2c1)NCCNc1ccc(F)c(F)c1. The van der Waals surface area contributed by atoms with Crippen molar-refractivity contribution in [2.24, 2.45) is 0 Å². The number of H-pyrrole nitrogens is 1. The zero-order chi connectivity index (χ0) is 18.5. The van der Waals surface area contributed by atoms with Crippen LogP contribution >= 0.6 is 0 Å². The molecule has 136 valence electrons. The van der Waals surface area contributed by atoms with Crippen LogP contribution in [0.15, 0.2) is 45.6 Å². The Labute approximate surface area is 146 Å². The number of hydrogen-bond donors (Lipinski definition) is 3. The molecule has 0 aliphatic carbocycles. The number of carbonyl (C=O) groups is 1. The summed E-state index contributed by atoms with van der Waals surface area (Å²) in [4.78, 5) is 25.3. The maximum atomic E-state index is 13.0. The van der Waals surface area contributed by atoms with Crippen LogP contribution in [0.4, 0.5) is 14.5 Å². The number of halogens is 2. The minimum Gasteiger partial charge on any atom is -0.484 e. The summed E-state index contributed by atoms with van der Waals surface area (Å²) < 4.78 is 36.1. The lowest BCUT2D eigenvalue weighted by molar-refractivity contribution is -0.123. The van der Waals surface area contributed by atoms with Crippen LogP contribution < -0.4 is 21.1 Å². The molecule has 0 aliphatic rings. The van der Waals surface area contributed by atoms with E-state index in [1.807, 2.05) is 0 Å². The van der Waals surface area contributed by atoms with Crippen LogP contribution in [0, 0.1) is 11.6 Å². The molecule has 0 fully saturated rings. The monoisotopic (exact) mass is 363 g/mol. The molecule has 7 nitrogen and oxygen atoms in total. The van der Waals surface area contributed by atoms with Gasteiger partial charge < -0.3 is 19.8 Å². The maximum absolute atomic E-state index is 13.0. The first-order valence-corrected chi connectivity index (χ1v) is 7.72. The number of aromatic amines is 1. The zero-order valence-corrected chi connectivity index (χ0v) is 13.5. The van der Waals surface area contributed by atoms with Gasteiger partial charge in [-0.1, -0.05) is 0 Å². The quantitative estimate of drug-likeness (QED) is 0.558. The predicted molar refractivity (Wildman–Crippen MR) is 90.2 cm³/mol. The molecule has 0 saturated carbocycles. The Balaban J connectivity index is 1.40. The van der Waals surface area contributed by atoms with Crippen molar-refractivity contribution in [1.82, 2.24) is 10.3 Å². The smallest absolute Gasteiger partial charge is 0.417 e. The first kappa shape index (κ1) is 17.5. The van der Waals surface area contributed by atoms with Gasteiger partial charge in [-0.25, -0.2) is 13.6 Å². The van der Waals surface area contributed by atoms with E-state index in [0.29, 0.717) is 29.1 Å². The van der Waals surface area contributed by atoms with Crippen LogP contribution in [0.1, 0.15) is 0 Å². The fraction of sp³-hybridized carbons (Fsp3) is 0.176. The molecule has 3 rings (SSSR count). The minimum absolute atomic E-state index is 0.217. The fourth-order valence-corrected chi connectivity index (χ4v) is 2.23. The largest absolute Gasteiger partial charge is 0.484 e. The molecule has 0 unspecified atom stereocenters. The normalized spacial score (nSPS) is 10.7. The third-order valence-corrected chi connectivity index (χ3v) is 3.46. The fourth-order valence-electron chi connectivity index (χ4n) is 2.23. The van der Waals surface area contributed by atoms with Crippen molar-refractivity contribution in [3.8, 4) is 5.75 Å². The average Bonchev–Trinajstić information content (AvgIpc) is 2.99. The van der Waals surface area contributed by atoms with Gasteiger partial charge in [-0.2, -0.15) is 0 Å². The molecule has 3 aromatic rings.